The van der Waals surface area contributed by atoms with E-state index in [-0.39, 0.29) is 18.4 Å². The number of ether oxygens (including phenoxy) is 1. The number of methoxy groups -OCH3 is 1. The number of carbonyl (C=O) groups is 2. The molecule has 1 N–H and O–H groups in total. The average Bonchev–Trinajstić information content (AvgIpc) is 2.64. The molecule has 2 rings (SSSR count). The summed E-state index contributed by atoms with van der Waals surface area (Å²) in [7, 11) is 1.68. The summed E-state index contributed by atoms with van der Waals surface area (Å²) >= 11 is 0. The second kappa shape index (κ2) is 9.06. The highest BCUT2D eigenvalue weighted by Gasteiger charge is 2.25. The van der Waals surface area contributed by atoms with Crippen LogP contribution in [0.5, 0.6) is 5.75 Å². The number of carbonyl (C=O) groups excluding carboxylic acids is 2. The SMILES string of the molecule is COc1ccc(CCC2CCN(C(=O)CNC(=O)C(C)(C)C)CC2)cc1. The maximum absolute atomic E-state index is 12.3. The highest BCUT2D eigenvalue weighted by molar-refractivity contribution is 5.87. The number of benzene rings is 1. The number of amides is 2. The predicted octanol–water partition coefficient (Wildman–Crippen LogP) is 3.03. The van der Waals surface area contributed by atoms with E-state index in [1.54, 1.807) is 7.11 Å². The molecule has 1 aliphatic heterocycles. The van der Waals surface area contributed by atoms with E-state index >= 15 is 0 Å². The number of aryl methyl sites for hydroxylation is 1. The van der Waals surface area contributed by atoms with Crippen LogP contribution in [-0.4, -0.2) is 43.5 Å². The molecule has 5 heteroatoms. The van der Waals surface area contributed by atoms with E-state index in [2.05, 4.69) is 17.4 Å². The Kier molecular flexibility index (Phi) is 7.06. The van der Waals surface area contributed by atoms with Gasteiger partial charge in [-0.3, -0.25) is 9.59 Å². The van der Waals surface area contributed by atoms with Gasteiger partial charge in [0, 0.05) is 18.5 Å². The molecule has 5 nitrogen and oxygen atoms in total. The topological polar surface area (TPSA) is 58.6 Å². The van der Waals surface area contributed by atoms with Crippen molar-refractivity contribution in [2.24, 2.45) is 11.3 Å². The number of rotatable bonds is 6. The Bertz CT molecular complexity index is 597. The first-order valence-electron chi connectivity index (χ1n) is 9.48. The first kappa shape index (κ1) is 20.3. The number of nitrogens with one attached hydrogen (secondary N) is 1. The zero-order valence-corrected chi connectivity index (χ0v) is 16.5. The molecule has 0 spiro atoms. The van der Waals surface area contributed by atoms with Gasteiger partial charge in [0.25, 0.3) is 0 Å². The van der Waals surface area contributed by atoms with E-state index < -0.39 is 5.41 Å². The molecular formula is C21H32N2O3. The molecular weight excluding hydrogens is 328 g/mol. The molecule has 1 heterocycles. The summed E-state index contributed by atoms with van der Waals surface area (Å²) in [5.74, 6) is 1.49. The Morgan fingerprint density at radius 1 is 1.15 bits per heavy atom. The van der Waals surface area contributed by atoms with Crippen molar-refractivity contribution in [1.82, 2.24) is 10.2 Å². The summed E-state index contributed by atoms with van der Waals surface area (Å²) < 4.78 is 5.19. The lowest BCUT2D eigenvalue weighted by Crippen LogP contribution is -2.46. The molecule has 1 aromatic carbocycles. The molecule has 0 saturated carbocycles. The van der Waals surface area contributed by atoms with Crippen molar-refractivity contribution < 1.29 is 14.3 Å². The van der Waals surface area contributed by atoms with Gasteiger partial charge in [-0.2, -0.15) is 0 Å². The fourth-order valence-corrected chi connectivity index (χ4v) is 3.17. The van der Waals surface area contributed by atoms with E-state index in [4.69, 9.17) is 4.74 Å². The highest BCUT2D eigenvalue weighted by atomic mass is 16.5. The van der Waals surface area contributed by atoms with Gasteiger partial charge in [0.2, 0.25) is 11.8 Å². The van der Waals surface area contributed by atoms with Crippen LogP contribution in [0.3, 0.4) is 0 Å². The minimum atomic E-state index is -0.464. The summed E-state index contributed by atoms with van der Waals surface area (Å²) in [6, 6.07) is 8.25. The molecule has 0 bridgehead atoms. The average molecular weight is 360 g/mol. The van der Waals surface area contributed by atoms with Crippen molar-refractivity contribution in [3.63, 3.8) is 0 Å². The van der Waals surface area contributed by atoms with E-state index in [9.17, 15) is 9.59 Å². The van der Waals surface area contributed by atoms with Crippen molar-refractivity contribution in [1.29, 1.82) is 0 Å². The zero-order valence-electron chi connectivity index (χ0n) is 16.5. The van der Waals surface area contributed by atoms with Crippen LogP contribution < -0.4 is 10.1 Å². The van der Waals surface area contributed by atoms with Crippen LogP contribution in [0, 0.1) is 11.3 Å². The molecule has 0 aliphatic carbocycles. The Morgan fingerprint density at radius 3 is 2.31 bits per heavy atom. The summed E-state index contributed by atoms with van der Waals surface area (Å²) in [5.41, 5.74) is 0.864. The van der Waals surface area contributed by atoms with E-state index in [1.807, 2.05) is 37.8 Å². The van der Waals surface area contributed by atoms with E-state index in [1.165, 1.54) is 5.56 Å². The van der Waals surface area contributed by atoms with Crippen LogP contribution >= 0.6 is 0 Å². The van der Waals surface area contributed by atoms with Gasteiger partial charge in [-0.25, -0.2) is 0 Å². The maximum Gasteiger partial charge on any atom is 0.241 e. The Labute approximate surface area is 157 Å². The summed E-state index contributed by atoms with van der Waals surface area (Å²) in [6.07, 6.45) is 4.28. The molecule has 1 fully saturated rings. The molecule has 0 unspecified atom stereocenters. The Morgan fingerprint density at radius 2 is 1.77 bits per heavy atom. The predicted molar refractivity (Wildman–Crippen MR) is 103 cm³/mol. The molecule has 26 heavy (non-hydrogen) atoms. The van der Waals surface area contributed by atoms with Crippen molar-refractivity contribution in [3.8, 4) is 5.75 Å². The van der Waals surface area contributed by atoms with Crippen LogP contribution in [0.4, 0.5) is 0 Å². The number of likely N-dealkylation sites (tertiary alicyclic amines) is 1. The van der Waals surface area contributed by atoms with Gasteiger partial charge >= 0.3 is 0 Å². The van der Waals surface area contributed by atoms with Crippen LogP contribution in [-0.2, 0) is 16.0 Å². The third-order valence-corrected chi connectivity index (χ3v) is 5.05. The van der Waals surface area contributed by atoms with Crippen LogP contribution in [0.2, 0.25) is 0 Å². The maximum atomic E-state index is 12.3. The number of hydrogen-bond donors (Lipinski definition) is 1. The van der Waals surface area contributed by atoms with E-state index in [0.717, 1.165) is 44.5 Å². The normalized spacial score (nSPS) is 15.6. The lowest BCUT2D eigenvalue weighted by molar-refractivity contribution is -0.136. The smallest absolute Gasteiger partial charge is 0.241 e. The van der Waals surface area contributed by atoms with Gasteiger partial charge in [0.1, 0.15) is 5.75 Å². The van der Waals surface area contributed by atoms with Crippen LogP contribution in [0.25, 0.3) is 0 Å². The van der Waals surface area contributed by atoms with Gasteiger partial charge in [0.15, 0.2) is 0 Å². The Balaban J connectivity index is 1.69. The summed E-state index contributed by atoms with van der Waals surface area (Å²) in [6.45, 7) is 7.23. The van der Waals surface area contributed by atoms with Gasteiger partial charge in [-0.1, -0.05) is 32.9 Å². The first-order valence-corrected chi connectivity index (χ1v) is 9.48. The standard InChI is InChI=1S/C21H32N2O3/c1-21(2,3)20(25)22-15-19(24)23-13-11-17(12-14-23)6-5-16-7-9-18(26-4)10-8-16/h7-10,17H,5-6,11-15H2,1-4H3,(H,22,25). The largest absolute Gasteiger partial charge is 0.497 e. The third-order valence-electron chi connectivity index (χ3n) is 5.05. The molecule has 2 amide bonds. The third kappa shape index (κ3) is 6.04. The monoisotopic (exact) mass is 360 g/mol. The number of hydrogen-bond acceptors (Lipinski definition) is 3. The molecule has 1 aliphatic rings. The number of piperidine rings is 1. The Hall–Kier alpha value is -2.04. The van der Waals surface area contributed by atoms with Crippen molar-refractivity contribution in [2.75, 3.05) is 26.7 Å². The molecule has 1 aromatic rings. The summed E-state index contributed by atoms with van der Waals surface area (Å²) in [4.78, 5) is 26.0. The van der Waals surface area contributed by atoms with Crippen molar-refractivity contribution >= 4 is 11.8 Å². The molecule has 0 radical (unpaired) electrons. The summed E-state index contributed by atoms with van der Waals surface area (Å²) in [5, 5.41) is 2.75. The van der Waals surface area contributed by atoms with Crippen LogP contribution in [0.1, 0.15) is 45.6 Å². The lowest BCUT2D eigenvalue weighted by atomic mass is 9.90. The van der Waals surface area contributed by atoms with Gasteiger partial charge in [-0.05, 0) is 49.3 Å². The molecule has 1 saturated heterocycles. The van der Waals surface area contributed by atoms with Crippen molar-refractivity contribution in [3.05, 3.63) is 29.8 Å². The zero-order chi connectivity index (χ0) is 19.2. The van der Waals surface area contributed by atoms with Gasteiger partial charge in [-0.15, -0.1) is 0 Å². The highest BCUT2D eigenvalue weighted by Crippen LogP contribution is 2.23. The van der Waals surface area contributed by atoms with Gasteiger partial charge < -0.3 is 15.0 Å². The second-order valence-electron chi connectivity index (χ2n) is 8.14. The second-order valence-corrected chi connectivity index (χ2v) is 8.14. The first-order chi connectivity index (χ1) is 12.3. The minimum absolute atomic E-state index is 0.0243. The number of nitrogens with zero attached hydrogens (tertiary/aromatic N) is 1. The molecule has 0 atom stereocenters. The molecule has 0 aromatic heterocycles. The minimum Gasteiger partial charge on any atom is -0.497 e. The van der Waals surface area contributed by atoms with Crippen molar-refractivity contribution in [2.45, 2.75) is 46.5 Å². The quantitative estimate of drug-likeness (QED) is 0.848. The fourth-order valence-electron chi connectivity index (χ4n) is 3.17. The van der Waals surface area contributed by atoms with Gasteiger partial charge in [0.05, 0.1) is 13.7 Å². The van der Waals surface area contributed by atoms with E-state index in [0.29, 0.717) is 5.92 Å². The molecule has 144 valence electrons. The lowest BCUT2D eigenvalue weighted by Gasteiger charge is -2.32. The fraction of sp³-hybridized carbons (Fsp3) is 0.619. The van der Waals surface area contributed by atoms with Crippen LogP contribution in [0.15, 0.2) is 24.3 Å².